The van der Waals surface area contributed by atoms with E-state index < -0.39 is 0 Å². The van der Waals surface area contributed by atoms with E-state index in [9.17, 15) is 4.79 Å². The van der Waals surface area contributed by atoms with Crippen molar-refractivity contribution in [1.29, 1.82) is 0 Å². The van der Waals surface area contributed by atoms with E-state index in [1.54, 1.807) is 0 Å². The van der Waals surface area contributed by atoms with Gasteiger partial charge in [0.1, 0.15) is 0 Å². The highest BCUT2D eigenvalue weighted by Crippen LogP contribution is 2.32. The SMILES string of the molecule is Nc1cccc2c1CCCN2C(=O)C1CCNC1. The highest BCUT2D eigenvalue weighted by Gasteiger charge is 2.30. The number of fused-ring (bicyclic) bond motifs is 1. The number of nitrogens with one attached hydrogen (secondary N) is 1. The fraction of sp³-hybridized carbons (Fsp3) is 0.500. The second-order valence-corrected chi connectivity index (χ2v) is 5.13. The zero-order chi connectivity index (χ0) is 12.5. The van der Waals surface area contributed by atoms with Crippen LogP contribution in [0.15, 0.2) is 18.2 Å². The number of anilines is 2. The standard InChI is InChI=1S/C14H19N3O/c15-12-4-1-5-13-11(12)3-2-8-17(13)14(18)10-6-7-16-9-10/h1,4-5,10,16H,2-3,6-9,15H2. The van der Waals surface area contributed by atoms with Crippen LogP contribution >= 0.6 is 0 Å². The van der Waals surface area contributed by atoms with Gasteiger partial charge < -0.3 is 16.0 Å². The van der Waals surface area contributed by atoms with Crippen molar-refractivity contribution >= 4 is 17.3 Å². The maximum atomic E-state index is 12.5. The molecule has 1 aromatic carbocycles. The summed E-state index contributed by atoms with van der Waals surface area (Å²) < 4.78 is 0. The number of amides is 1. The van der Waals surface area contributed by atoms with E-state index in [2.05, 4.69) is 5.32 Å². The summed E-state index contributed by atoms with van der Waals surface area (Å²) in [5.74, 6) is 0.393. The lowest BCUT2D eigenvalue weighted by Crippen LogP contribution is -2.40. The van der Waals surface area contributed by atoms with Crippen LogP contribution in [0.2, 0.25) is 0 Å². The molecule has 2 heterocycles. The van der Waals surface area contributed by atoms with Crippen molar-refractivity contribution in [2.75, 3.05) is 30.3 Å². The summed E-state index contributed by atoms with van der Waals surface area (Å²) in [5.41, 5.74) is 8.99. The number of nitrogens with zero attached hydrogens (tertiary/aromatic N) is 1. The van der Waals surface area contributed by atoms with Crippen LogP contribution in [0.5, 0.6) is 0 Å². The monoisotopic (exact) mass is 245 g/mol. The third kappa shape index (κ3) is 1.86. The van der Waals surface area contributed by atoms with Gasteiger partial charge >= 0.3 is 0 Å². The molecule has 2 aliphatic rings. The molecule has 0 saturated carbocycles. The van der Waals surface area contributed by atoms with E-state index in [1.165, 1.54) is 0 Å². The summed E-state index contributed by atoms with van der Waals surface area (Å²) in [6.07, 6.45) is 2.94. The highest BCUT2D eigenvalue weighted by molar-refractivity contribution is 5.97. The lowest BCUT2D eigenvalue weighted by Gasteiger charge is -2.32. The number of nitrogens with two attached hydrogens (primary N) is 1. The van der Waals surface area contributed by atoms with Crippen LogP contribution in [0, 0.1) is 5.92 Å². The first kappa shape index (κ1) is 11.5. The Morgan fingerprint density at radius 1 is 1.44 bits per heavy atom. The molecule has 2 aliphatic heterocycles. The van der Waals surface area contributed by atoms with Gasteiger partial charge in [0.15, 0.2) is 0 Å². The Morgan fingerprint density at radius 3 is 3.11 bits per heavy atom. The topological polar surface area (TPSA) is 58.4 Å². The van der Waals surface area contributed by atoms with Crippen molar-refractivity contribution in [2.45, 2.75) is 19.3 Å². The van der Waals surface area contributed by atoms with Crippen molar-refractivity contribution in [3.63, 3.8) is 0 Å². The van der Waals surface area contributed by atoms with Crippen molar-refractivity contribution in [3.05, 3.63) is 23.8 Å². The summed E-state index contributed by atoms with van der Waals surface area (Å²) in [7, 11) is 0. The van der Waals surface area contributed by atoms with Crippen molar-refractivity contribution < 1.29 is 4.79 Å². The van der Waals surface area contributed by atoms with Gasteiger partial charge in [0.05, 0.1) is 5.92 Å². The van der Waals surface area contributed by atoms with E-state index in [0.29, 0.717) is 0 Å². The molecule has 0 aromatic heterocycles. The molecule has 1 saturated heterocycles. The number of carbonyl (C=O) groups is 1. The maximum absolute atomic E-state index is 12.5. The zero-order valence-corrected chi connectivity index (χ0v) is 10.5. The Labute approximate surface area is 107 Å². The molecule has 18 heavy (non-hydrogen) atoms. The third-order valence-electron chi connectivity index (χ3n) is 3.96. The van der Waals surface area contributed by atoms with Gasteiger partial charge in [-0.3, -0.25) is 4.79 Å². The second kappa shape index (κ2) is 4.61. The molecule has 3 rings (SSSR count). The number of carbonyl (C=O) groups excluding carboxylic acids is 1. The number of hydrogen-bond acceptors (Lipinski definition) is 3. The second-order valence-electron chi connectivity index (χ2n) is 5.13. The predicted octanol–water partition coefficient (Wildman–Crippen LogP) is 1.16. The first-order chi connectivity index (χ1) is 8.77. The molecule has 4 nitrogen and oxygen atoms in total. The van der Waals surface area contributed by atoms with Crippen LogP contribution in [0.25, 0.3) is 0 Å². The average molecular weight is 245 g/mol. The molecule has 1 amide bonds. The van der Waals surface area contributed by atoms with Crippen LogP contribution in [0.3, 0.4) is 0 Å². The van der Waals surface area contributed by atoms with Crippen LogP contribution in [0.1, 0.15) is 18.4 Å². The van der Waals surface area contributed by atoms with Crippen LogP contribution in [0.4, 0.5) is 11.4 Å². The van der Waals surface area contributed by atoms with Crippen molar-refractivity contribution in [1.82, 2.24) is 5.32 Å². The fourth-order valence-corrected chi connectivity index (χ4v) is 2.97. The normalized spacial score (nSPS) is 22.9. The van der Waals surface area contributed by atoms with Crippen LogP contribution < -0.4 is 16.0 Å². The Hall–Kier alpha value is -1.55. The molecular formula is C14H19N3O. The first-order valence-corrected chi connectivity index (χ1v) is 6.67. The summed E-state index contributed by atoms with van der Waals surface area (Å²) in [6, 6.07) is 5.88. The van der Waals surface area contributed by atoms with E-state index in [-0.39, 0.29) is 11.8 Å². The van der Waals surface area contributed by atoms with E-state index in [4.69, 9.17) is 5.73 Å². The molecule has 96 valence electrons. The van der Waals surface area contributed by atoms with Gasteiger partial charge in [-0.15, -0.1) is 0 Å². The molecule has 4 heteroatoms. The molecular weight excluding hydrogens is 226 g/mol. The minimum absolute atomic E-state index is 0.136. The van der Waals surface area contributed by atoms with Gasteiger partial charge in [-0.1, -0.05) is 6.07 Å². The average Bonchev–Trinajstić information content (AvgIpc) is 2.92. The van der Waals surface area contributed by atoms with E-state index >= 15 is 0 Å². The largest absolute Gasteiger partial charge is 0.398 e. The number of hydrogen-bond donors (Lipinski definition) is 2. The molecule has 1 atom stereocenters. The molecule has 3 N–H and O–H groups in total. The molecule has 0 bridgehead atoms. The Bertz CT molecular complexity index is 466. The summed E-state index contributed by atoms with van der Waals surface area (Å²) in [4.78, 5) is 14.5. The molecule has 0 spiro atoms. The predicted molar refractivity (Wildman–Crippen MR) is 72.5 cm³/mol. The van der Waals surface area contributed by atoms with Gasteiger partial charge in [-0.2, -0.15) is 0 Å². The highest BCUT2D eigenvalue weighted by atomic mass is 16.2. The van der Waals surface area contributed by atoms with Gasteiger partial charge in [0.2, 0.25) is 5.91 Å². The lowest BCUT2D eigenvalue weighted by atomic mass is 9.97. The molecule has 0 radical (unpaired) electrons. The Kier molecular flexibility index (Phi) is 2.96. The van der Waals surface area contributed by atoms with Gasteiger partial charge in [0, 0.05) is 24.5 Å². The molecule has 1 unspecified atom stereocenters. The smallest absolute Gasteiger partial charge is 0.231 e. The zero-order valence-electron chi connectivity index (χ0n) is 10.5. The molecule has 1 aromatic rings. The summed E-state index contributed by atoms with van der Waals surface area (Å²) in [5, 5.41) is 3.26. The van der Waals surface area contributed by atoms with Crippen LogP contribution in [-0.2, 0) is 11.2 Å². The van der Waals surface area contributed by atoms with Crippen molar-refractivity contribution in [2.24, 2.45) is 5.92 Å². The number of benzene rings is 1. The van der Waals surface area contributed by atoms with Gasteiger partial charge in [-0.05, 0) is 43.5 Å². The minimum Gasteiger partial charge on any atom is -0.398 e. The van der Waals surface area contributed by atoms with E-state index in [1.807, 2.05) is 23.1 Å². The third-order valence-corrected chi connectivity index (χ3v) is 3.96. The molecule has 1 fully saturated rings. The number of rotatable bonds is 1. The van der Waals surface area contributed by atoms with Crippen LogP contribution in [-0.4, -0.2) is 25.5 Å². The van der Waals surface area contributed by atoms with Crippen molar-refractivity contribution in [3.8, 4) is 0 Å². The maximum Gasteiger partial charge on any atom is 0.231 e. The van der Waals surface area contributed by atoms with E-state index in [0.717, 1.165) is 55.8 Å². The summed E-state index contributed by atoms with van der Waals surface area (Å²) in [6.45, 7) is 2.59. The fourth-order valence-electron chi connectivity index (χ4n) is 2.97. The Balaban J connectivity index is 1.91. The van der Waals surface area contributed by atoms with Gasteiger partial charge in [-0.25, -0.2) is 0 Å². The van der Waals surface area contributed by atoms with Gasteiger partial charge in [0.25, 0.3) is 0 Å². The minimum atomic E-state index is 0.136. The molecule has 0 aliphatic carbocycles. The number of nitrogen functional groups attached to an aromatic ring is 1. The summed E-state index contributed by atoms with van der Waals surface area (Å²) >= 11 is 0. The Morgan fingerprint density at radius 2 is 2.33 bits per heavy atom. The lowest BCUT2D eigenvalue weighted by molar-refractivity contribution is -0.121. The first-order valence-electron chi connectivity index (χ1n) is 6.67. The quantitative estimate of drug-likeness (QED) is 0.730.